The van der Waals surface area contributed by atoms with Gasteiger partial charge in [0.25, 0.3) is 0 Å². The Morgan fingerprint density at radius 2 is 2.00 bits per heavy atom. The maximum Gasteiger partial charge on any atom is 0.407 e. The summed E-state index contributed by atoms with van der Waals surface area (Å²) in [4.78, 5) is 19.1. The zero-order valence-corrected chi connectivity index (χ0v) is 13.3. The number of nitrogens with zero attached hydrogens (tertiary/aromatic N) is 3. The Kier molecular flexibility index (Phi) is 3.71. The zero-order valence-electron chi connectivity index (χ0n) is 11.7. The number of fused-ring (bicyclic) bond motifs is 1. The van der Waals surface area contributed by atoms with Crippen molar-refractivity contribution in [3.63, 3.8) is 0 Å². The fraction of sp³-hybridized carbons (Fsp3) is 0.333. The van der Waals surface area contributed by atoms with E-state index in [-0.39, 0.29) is 0 Å². The summed E-state index contributed by atoms with van der Waals surface area (Å²) < 4.78 is 1.03. The number of halogens is 1. The van der Waals surface area contributed by atoms with E-state index in [1.165, 1.54) is 4.90 Å². The van der Waals surface area contributed by atoms with Gasteiger partial charge in [-0.1, -0.05) is 15.9 Å². The Morgan fingerprint density at radius 1 is 1.29 bits per heavy atom. The molecule has 1 saturated heterocycles. The van der Waals surface area contributed by atoms with Crippen molar-refractivity contribution in [2.45, 2.75) is 6.92 Å². The monoisotopic (exact) mass is 349 g/mol. The van der Waals surface area contributed by atoms with Crippen molar-refractivity contribution >= 4 is 38.6 Å². The van der Waals surface area contributed by atoms with Crippen LogP contribution in [0.4, 0.5) is 10.5 Å². The molecule has 0 unspecified atom stereocenters. The molecule has 1 fully saturated rings. The Morgan fingerprint density at radius 3 is 2.67 bits per heavy atom. The molecule has 1 aromatic carbocycles. The van der Waals surface area contributed by atoms with Gasteiger partial charge in [-0.15, -0.1) is 0 Å². The summed E-state index contributed by atoms with van der Waals surface area (Å²) in [5.74, 6) is 0. The van der Waals surface area contributed by atoms with Crippen LogP contribution in [0.3, 0.4) is 0 Å². The number of carbonyl (C=O) groups is 1. The Labute approximate surface area is 131 Å². The van der Waals surface area contributed by atoms with E-state index in [0.717, 1.165) is 26.6 Å². The number of carboxylic acid groups (broad SMARTS) is 1. The van der Waals surface area contributed by atoms with Gasteiger partial charge in [0.2, 0.25) is 0 Å². The highest BCUT2D eigenvalue weighted by molar-refractivity contribution is 9.10. The highest BCUT2D eigenvalue weighted by atomic mass is 79.9. The van der Waals surface area contributed by atoms with Gasteiger partial charge < -0.3 is 14.9 Å². The molecular weight excluding hydrogens is 334 g/mol. The average Bonchev–Trinajstić information content (AvgIpc) is 2.46. The minimum atomic E-state index is -0.840. The second-order valence-corrected chi connectivity index (χ2v) is 6.12. The van der Waals surface area contributed by atoms with Crippen molar-refractivity contribution in [2.75, 3.05) is 31.1 Å². The molecule has 3 rings (SSSR count). The van der Waals surface area contributed by atoms with Crippen LogP contribution < -0.4 is 4.90 Å². The van der Waals surface area contributed by atoms with Crippen LogP contribution >= 0.6 is 15.9 Å². The number of anilines is 1. The van der Waals surface area contributed by atoms with E-state index < -0.39 is 6.09 Å². The van der Waals surface area contributed by atoms with E-state index in [9.17, 15) is 4.79 Å². The second kappa shape index (κ2) is 5.52. The van der Waals surface area contributed by atoms with Gasteiger partial charge >= 0.3 is 6.09 Å². The fourth-order valence-corrected chi connectivity index (χ4v) is 3.36. The van der Waals surface area contributed by atoms with Gasteiger partial charge in [-0.3, -0.25) is 4.98 Å². The van der Waals surface area contributed by atoms with Crippen LogP contribution in [0.25, 0.3) is 10.9 Å². The van der Waals surface area contributed by atoms with E-state index >= 15 is 0 Å². The standard InChI is InChI=1S/C15H16BrN3O2/c1-10-8-11(16)9-12-13(2-3-17-14(10)12)18-4-6-19(7-5-18)15(20)21/h2-3,8-9H,4-7H2,1H3,(H,20,21). The predicted molar refractivity (Wildman–Crippen MR) is 86.0 cm³/mol. The molecule has 0 saturated carbocycles. The molecule has 2 heterocycles. The summed E-state index contributed by atoms with van der Waals surface area (Å²) in [7, 11) is 0. The molecule has 21 heavy (non-hydrogen) atoms. The third kappa shape index (κ3) is 2.68. The zero-order chi connectivity index (χ0) is 15.0. The quantitative estimate of drug-likeness (QED) is 0.859. The summed E-state index contributed by atoms with van der Waals surface area (Å²) in [6, 6.07) is 6.14. The van der Waals surface area contributed by atoms with Crippen molar-refractivity contribution in [1.82, 2.24) is 9.88 Å². The van der Waals surface area contributed by atoms with Crippen molar-refractivity contribution in [3.05, 3.63) is 34.4 Å². The molecule has 1 aromatic heterocycles. The van der Waals surface area contributed by atoms with Crippen LogP contribution in [0.15, 0.2) is 28.9 Å². The van der Waals surface area contributed by atoms with Gasteiger partial charge in [-0.05, 0) is 30.7 Å². The number of hydrogen-bond acceptors (Lipinski definition) is 3. The lowest BCUT2D eigenvalue weighted by atomic mass is 10.1. The first kappa shape index (κ1) is 14.1. The Hall–Kier alpha value is -1.82. The molecule has 5 nitrogen and oxygen atoms in total. The van der Waals surface area contributed by atoms with Gasteiger partial charge in [0.15, 0.2) is 0 Å². The first-order chi connectivity index (χ1) is 10.1. The lowest BCUT2D eigenvalue weighted by Crippen LogP contribution is -2.48. The van der Waals surface area contributed by atoms with Crippen LogP contribution in [0.2, 0.25) is 0 Å². The van der Waals surface area contributed by atoms with Gasteiger partial charge in [-0.25, -0.2) is 4.79 Å². The predicted octanol–water partition coefficient (Wildman–Crippen LogP) is 3.11. The lowest BCUT2D eigenvalue weighted by Gasteiger charge is -2.35. The largest absolute Gasteiger partial charge is 0.465 e. The summed E-state index contributed by atoms with van der Waals surface area (Å²) in [5.41, 5.74) is 3.25. The molecule has 2 aromatic rings. The molecule has 0 radical (unpaired) electrons. The minimum Gasteiger partial charge on any atom is -0.465 e. The molecule has 1 aliphatic heterocycles. The van der Waals surface area contributed by atoms with Gasteiger partial charge in [0.05, 0.1) is 5.52 Å². The summed E-state index contributed by atoms with van der Waals surface area (Å²) >= 11 is 3.54. The molecule has 0 atom stereocenters. The maximum absolute atomic E-state index is 11.0. The topological polar surface area (TPSA) is 56.7 Å². The first-order valence-corrected chi connectivity index (χ1v) is 7.63. The van der Waals surface area contributed by atoms with E-state index in [2.05, 4.69) is 37.9 Å². The number of piperazine rings is 1. The normalized spacial score (nSPS) is 15.5. The second-order valence-electron chi connectivity index (χ2n) is 5.21. The summed E-state index contributed by atoms with van der Waals surface area (Å²) in [6.45, 7) is 4.53. The van der Waals surface area contributed by atoms with Crippen molar-refractivity contribution in [2.24, 2.45) is 0 Å². The summed E-state index contributed by atoms with van der Waals surface area (Å²) in [6.07, 6.45) is 0.982. The van der Waals surface area contributed by atoms with Crippen LogP contribution in [0, 0.1) is 6.92 Å². The molecule has 0 spiro atoms. The Balaban J connectivity index is 1.96. The third-order valence-corrected chi connectivity index (χ3v) is 4.33. The highest BCUT2D eigenvalue weighted by Gasteiger charge is 2.22. The number of hydrogen-bond donors (Lipinski definition) is 1. The smallest absolute Gasteiger partial charge is 0.407 e. The Bertz CT molecular complexity index is 697. The van der Waals surface area contributed by atoms with Gasteiger partial charge in [0, 0.05) is 47.9 Å². The molecule has 1 amide bonds. The van der Waals surface area contributed by atoms with Crippen LogP contribution in [0.5, 0.6) is 0 Å². The fourth-order valence-electron chi connectivity index (χ4n) is 2.79. The van der Waals surface area contributed by atoms with Gasteiger partial charge in [-0.2, -0.15) is 0 Å². The molecule has 0 bridgehead atoms. The minimum absolute atomic E-state index is 0.534. The molecule has 1 N–H and O–H groups in total. The molecule has 110 valence electrons. The van der Waals surface area contributed by atoms with Crippen molar-refractivity contribution < 1.29 is 9.90 Å². The van der Waals surface area contributed by atoms with Crippen LogP contribution in [0.1, 0.15) is 5.56 Å². The maximum atomic E-state index is 11.0. The van der Waals surface area contributed by atoms with E-state index in [4.69, 9.17) is 5.11 Å². The first-order valence-electron chi connectivity index (χ1n) is 6.84. The molecule has 1 aliphatic rings. The molecule has 0 aliphatic carbocycles. The van der Waals surface area contributed by atoms with Crippen LogP contribution in [-0.4, -0.2) is 47.3 Å². The van der Waals surface area contributed by atoms with Gasteiger partial charge in [0.1, 0.15) is 0 Å². The SMILES string of the molecule is Cc1cc(Br)cc2c(N3CCN(C(=O)O)CC3)ccnc12. The number of aryl methyl sites for hydroxylation is 1. The van der Waals surface area contributed by atoms with Crippen LogP contribution in [-0.2, 0) is 0 Å². The number of aromatic nitrogens is 1. The van der Waals surface area contributed by atoms with E-state index in [1.807, 2.05) is 19.2 Å². The number of pyridine rings is 1. The van der Waals surface area contributed by atoms with Crippen molar-refractivity contribution in [3.8, 4) is 0 Å². The highest BCUT2D eigenvalue weighted by Crippen LogP contribution is 2.30. The number of amides is 1. The molecular formula is C15H16BrN3O2. The molecule has 6 heteroatoms. The average molecular weight is 350 g/mol. The van der Waals surface area contributed by atoms with Crippen molar-refractivity contribution in [1.29, 1.82) is 0 Å². The summed E-state index contributed by atoms with van der Waals surface area (Å²) in [5, 5.41) is 10.1. The number of rotatable bonds is 1. The third-order valence-electron chi connectivity index (χ3n) is 3.87. The lowest BCUT2D eigenvalue weighted by molar-refractivity contribution is 0.142. The van der Waals surface area contributed by atoms with E-state index in [0.29, 0.717) is 26.2 Å². The number of benzene rings is 1. The van der Waals surface area contributed by atoms with E-state index in [1.54, 1.807) is 0 Å².